The van der Waals surface area contributed by atoms with E-state index in [1.807, 2.05) is 18.2 Å². The summed E-state index contributed by atoms with van der Waals surface area (Å²) in [6, 6.07) is 11.4. The van der Waals surface area contributed by atoms with Crippen LogP contribution in [0.3, 0.4) is 0 Å². The molecule has 0 aliphatic carbocycles. The first kappa shape index (κ1) is 14.3. The van der Waals surface area contributed by atoms with E-state index in [9.17, 15) is 0 Å². The second-order valence-corrected chi connectivity index (χ2v) is 5.73. The summed E-state index contributed by atoms with van der Waals surface area (Å²) in [6.07, 6.45) is 4.19. The normalized spacial score (nSPS) is 15.4. The number of nitrogens with one attached hydrogen (secondary N) is 1. The smallest absolute Gasteiger partial charge is 0.229 e. The molecule has 3 rings (SSSR count). The van der Waals surface area contributed by atoms with Gasteiger partial charge in [0.1, 0.15) is 5.82 Å². The third kappa shape index (κ3) is 3.34. The van der Waals surface area contributed by atoms with Gasteiger partial charge in [-0.1, -0.05) is 13.0 Å². The maximum absolute atomic E-state index is 8.95. The third-order valence-electron chi connectivity index (χ3n) is 4.00. The van der Waals surface area contributed by atoms with Gasteiger partial charge in [0.2, 0.25) is 5.95 Å². The van der Waals surface area contributed by atoms with Gasteiger partial charge in [0.15, 0.2) is 0 Å². The number of hydrogen-bond acceptors (Lipinski definition) is 5. The molecule has 5 heteroatoms. The van der Waals surface area contributed by atoms with Crippen LogP contribution >= 0.6 is 0 Å². The first-order chi connectivity index (χ1) is 10.7. The van der Waals surface area contributed by atoms with E-state index in [0.717, 1.165) is 30.5 Å². The minimum absolute atomic E-state index is 0.561. The van der Waals surface area contributed by atoms with Gasteiger partial charge < -0.3 is 10.2 Å². The molecule has 0 amide bonds. The van der Waals surface area contributed by atoms with Gasteiger partial charge in [-0.2, -0.15) is 10.2 Å². The fourth-order valence-corrected chi connectivity index (χ4v) is 2.62. The Balaban J connectivity index is 1.75. The zero-order valence-corrected chi connectivity index (χ0v) is 12.7. The van der Waals surface area contributed by atoms with Gasteiger partial charge in [-0.3, -0.25) is 0 Å². The first-order valence-corrected chi connectivity index (χ1v) is 7.60. The molecule has 0 bridgehead atoms. The van der Waals surface area contributed by atoms with Crippen LogP contribution in [-0.4, -0.2) is 23.1 Å². The Morgan fingerprint density at radius 2 is 2.09 bits per heavy atom. The molecule has 1 aromatic heterocycles. The molecule has 2 heterocycles. The van der Waals surface area contributed by atoms with Crippen molar-refractivity contribution in [1.29, 1.82) is 5.26 Å². The number of rotatable bonds is 3. The van der Waals surface area contributed by atoms with Crippen LogP contribution in [0.2, 0.25) is 0 Å². The average molecular weight is 293 g/mol. The summed E-state index contributed by atoms with van der Waals surface area (Å²) in [5.41, 5.74) is 1.44. The predicted molar refractivity (Wildman–Crippen MR) is 87.1 cm³/mol. The molecule has 1 aliphatic rings. The molecule has 1 fully saturated rings. The molecular formula is C17H19N5. The Morgan fingerprint density at radius 3 is 2.86 bits per heavy atom. The Bertz CT molecular complexity index is 683. The van der Waals surface area contributed by atoms with Crippen molar-refractivity contribution in [3.8, 4) is 6.07 Å². The molecule has 0 spiro atoms. The highest BCUT2D eigenvalue weighted by Crippen LogP contribution is 2.22. The van der Waals surface area contributed by atoms with Crippen LogP contribution in [0.25, 0.3) is 0 Å². The summed E-state index contributed by atoms with van der Waals surface area (Å²) in [7, 11) is 0. The summed E-state index contributed by atoms with van der Waals surface area (Å²) in [4.78, 5) is 11.2. The van der Waals surface area contributed by atoms with Crippen molar-refractivity contribution >= 4 is 17.5 Å². The van der Waals surface area contributed by atoms with Crippen LogP contribution in [0.5, 0.6) is 0 Å². The van der Waals surface area contributed by atoms with Gasteiger partial charge in [-0.25, -0.2) is 4.98 Å². The largest absolute Gasteiger partial charge is 0.356 e. The fourth-order valence-electron chi connectivity index (χ4n) is 2.62. The molecule has 112 valence electrons. The Labute approximate surface area is 130 Å². The summed E-state index contributed by atoms with van der Waals surface area (Å²) < 4.78 is 0. The maximum Gasteiger partial charge on any atom is 0.229 e. The van der Waals surface area contributed by atoms with Crippen LogP contribution in [0, 0.1) is 17.2 Å². The molecule has 2 aromatic rings. The van der Waals surface area contributed by atoms with E-state index in [-0.39, 0.29) is 0 Å². The van der Waals surface area contributed by atoms with E-state index in [1.54, 1.807) is 18.3 Å². The lowest BCUT2D eigenvalue weighted by atomic mass is 9.99. The van der Waals surface area contributed by atoms with Crippen LogP contribution in [-0.2, 0) is 0 Å². The second-order valence-electron chi connectivity index (χ2n) is 5.73. The van der Waals surface area contributed by atoms with Crippen molar-refractivity contribution < 1.29 is 0 Å². The zero-order chi connectivity index (χ0) is 15.4. The van der Waals surface area contributed by atoms with E-state index >= 15 is 0 Å². The van der Waals surface area contributed by atoms with Crippen molar-refractivity contribution in [2.24, 2.45) is 5.92 Å². The number of benzene rings is 1. The van der Waals surface area contributed by atoms with E-state index in [4.69, 9.17) is 5.26 Å². The molecule has 0 unspecified atom stereocenters. The highest BCUT2D eigenvalue weighted by atomic mass is 15.2. The van der Waals surface area contributed by atoms with Gasteiger partial charge in [-0.15, -0.1) is 0 Å². The number of nitriles is 1. The van der Waals surface area contributed by atoms with Crippen LogP contribution in [0.4, 0.5) is 17.5 Å². The molecule has 0 saturated carbocycles. The van der Waals surface area contributed by atoms with E-state index < -0.39 is 0 Å². The summed E-state index contributed by atoms with van der Waals surface area (Å²) in [6.45, 7) is 4.38. The average Bonchev–Trinajstić information content (AvgIpc) is 2.56. The van der Waals surface area contributed by atoms with Crippen molar-refractivity contribution in [2.45, 2.75) is 19.8 Å². The van der Waals surface area contributed by atoms with Gasteiger partial charge >= 0.3 is 0 Å². The molecule has 1 saturated heterocycles. The molecule has 1 aliphatic heterocycles. The van der Waals surface area contributed by atoms with Crippen molar-refractivity contribution in [3.05, 3.63) is 42.1 Å². The van der Waals surface area contributed by atoms with Crippen LogP contribution in [0.1, 0.15) is 25.3 Å². The predicted octanol–water partition coefficient (Wildman–Crippen LogP) is 3.33. The maximum atomic E-state index is 8.95. The van der Waals surface area contributed by atoms with Crippen LogP contribution < -0.4 is 10.2 Å². The van der Waals surface area contributed by atoms with E-state index in [2.05, 4.69) is 33.2 Å². The Morgan fingerprint density at radius 1 is 1.27 bits per heavy atom. The lowest BCUT2D eigenvalue weighted by Gasteiger charge is -2.31. The zero-order valence-electron chi connectivity index (χ0n) is 12.7. The Hall–Kier alpha value is -2.61. The topological polar surface area (TPSA) is 64.8 Å². The highest BCUT2D eigenvalue weighted by Gasteiger charge is 2.17. The number of anilines is 3. The van der Waals surface area contributed by atoms with Crippen molar-refractivity contribution in [3.63, 3.8) is 0 Å². The van der Waals surface area contributed by atoms with Crippen molar-refractivity contribution in [2.75, 3.05) is 23.3 Å². The third-order valence-corrected chi connectivity index (χ3v) is 4.00. The van der Waals surface area contributed by atoms with Crippen molar-refractivity contribution in [1.82, 2.24) is 9.97 Å². The van der Waals surface area contributed by atoms with Gasteiger partial charge in [0, 0.05) is 25.0 Å². The number of aromatic nitrogens is 2. The lowest BCUT2D eigenvalue weighted by Crippen LogP contribution is -2.33. The fraction of sp³-hybridized carbons (Fsp3) is 0.353. The lowest BCUT2D eigenvalue weighted by molar-refractivity contribution is 0.436. The molecule has 22 heavy (non-hydrogen) atoms. The number of piperidine rings is 1. The summed E-state index contributed by atoms with van der Waals surface area (Å²) >= 11 is 0. The summed E-state index contributed by atoms with van der Waals surface area (Å²) in [5.74, 6) is 2.32. The quantitative estimate of drug-likeness (QED) is 0.940. The summed E-state index contributed by atoms with van der Waals surface area (Å²) in [5, 5.41) is 12.1. The Kier molecular flexibility index (Phi) is 4.19. The standard InChI is InChI=1S/C17H19N5/c1-13-6-9-22(10-7-13)16-5-8-19-17(21-16)20-15-4-2-3-14(11-15)12-18/h2-5,8,11,13H,6-7,9-10H2,1H3,(H,19,20,21). The SMILES string of the molecule is CC1CCN(c2ccnc(Nc3cccc(C#N)c3)n2)CC1. The molecule has 1 aromatic carbocycles. The van der Waals surface area contributed by atoms with E-state index in [0.29, 0.717) is 11.5 Å². The second kappa shape index (κ2) is 6.44. The molecule has 0 radical (unpaired) electrons. The molecule has 0 atom stereocenters. The first-order valence-electron chi connectivity index (χ1n) is 7.60. The van der Waals surface area contributed by atoms with Gasteiger partial charge in [0.05, 0.1) is 11.6 Å². The monoisotopic (exact) mass is 293 g/mol. The number of hydrogen-bond donors (Lipinski definition) is 1. The highest BCUT2D eigenvalue weighted by molar-refractivity contribution is 5.57. The number of nitrogens with zero attached hydrogens (tertiary/aromatic N) is 4. The van der Waals surface area contributed by atoms with Gasteiger partial charge in [0.25, 0.3) is 0 Å². The minimum atomic E-state index is 0.561. The minimum Gasteiger partial charge on any atom is -0.356 e. The van der Waals surface area contributed by atoms with Crippen LogP contribution in [0.15, 0.2) is 36.5 Å². The molecule has 1 N–H and O–H groups in total. The molecule has 5 nitrogen and oxygen atoms in total. The molecular weight excluding hydrogens is 274 g/mol. The van der Waals surface area contributed by atoms with Gasteiger partial charge in [-0.05, 0) is 43.0 Å². The van der Waals surface area contributed by atoms with E-state index in [1.165, 1.54) is 12.8 Å².